The van der Waals surface area contributed by atoms with Gasteiger partial charge in [-0.15, -0.1) is 0 Å². The molecule has 0 radical (unpaired) electrons. The van der Waals surface area contributed by atoms with E-state index in [0.717, 1.165) is 24.3 Å². The van der Waals surface area contributed by atoms with Gasteiger partial charge in [0.05, 0.1) is 25.3 Å². The second-order valence-corrected chi connectivity index (χ2v) is 11.9. The zero-order valence-corrected chi connectivity index (χ0v) is 27.7. The quantitative estimate of drug-likeness (QED) is 0.167. The number of fused-ring (bicyclic) bond motifs is 1. The zero-order chi connectivity index (χ0) is 34.3. The van der Waals surface area contributed by atoms with Gasteiger partial charge in [0.1, 0.15) is 34.1 Å². The lowest BCUT2D eigenvalue weighted by atomic mass is 10.1. The molecule has 0 saturated carbocycles. The fraction of sp³-hybridized carbons (Fsp3) is 0.243. The van der Waals surface area contributed by atoms with Crippen molar-refractivity contribution in [2.45, 2.75) is 19.0 Å². The van der Waals surface area contributed by atoms with Gasteiger partial charge in [-0.25, -0.2) is 9.67 Å². The molecule has 252 valence electrons. The van der Waals surface area contributed by atoms with E-state index in [2.05, 4.69) is 5.32 Å². The number of benzene rings is 3. The molecule has 6 rings (SSSR count). The third kappa shape index (κ3) is 7.72. The van der Waals surface area contributed by atoms with Crippen LogP contribution in [0.5, 0.6) is 28.7 Å². The van der Waals surface area contributed by atoms with E-state index in [0.29, 0.717) is 53.7 Å². The van der Waals surface area contributed by atoms with Crippen molar-refractivity contribution in [1.82, 2.24) is 25.0 Å². The molecule has 0 unspecified atom stereocenters. The molecule has 5 aromatic rings. The maximum absolute atomic E-state index is 14.0. The van der Waals surface area contributed by atoms with Crippen LogP contribution in [0.4, 0.5) is 5.82 Å². The minimum Gasteiger partial charge on any atom is -0.497 e. The van der Waals surface area contributed by atoms with Crippen molar-refractivity contribution in [3.05, 3.63) is 108 Å². The van der Waals surface area contributed by atoms with Crippen LogP contribution in [0, 0.1) is 0 Å². The number of nitrogens with one attached hydrogen (secondary N) is 1. The molecule has 3 N–H and O–H groups in total. The molecular weight excluding hydrogens is 622 g/mol. The Kier molecular flexibility index (Phi) is 10.2. The zero-order valence-electron chi connectivity index (χ0n) is 27.7. The molecule has 2 aromatic heterocycles. The number of carbonyl (C=O) groups excluding carboxylic acids is 2. The molecule has 49 heavy (non-hydrogen) atoms. The maximum Gasteiger partial charge on any atom is 0.252 e. The molecular formula is C37H39N7O5. The average molecular weight is 662 g/mol. The van der Waals surface area contributed by atoms with Crippen LogP contribution in [0.25, 0.3) is 11.0 Å². The van der Waals surface area contributed by atoms with Gasteiger partial charge in [0, 0.05) is 31.4 Å². The number of amides is 2. The molecule has 0 bridgehead atoms. The normalized spacial score (nSPS) is 14.4. The largest absolute Gasteiger partial charge is 0.497 e. The highest BCUT2D eigenvalue weighted by atomic mass is 16.5. The molecule has 12 nitrogen and oxygen atoms in total. The number of para-hydroxylation sites is 1. The van der Waals surface area contributed by atoms with E-state index < -0.39 is 5.91 Å². The number of carbonyl (C=O) groups is 2. The molecule has 12 heteroatoms. The second kappa shape index (κ2) is 15.0. The predicted octanol–water partition coefficient (Wildman–Crippen LogP) is 4.98. The summed E-state index contributed by atoms with van der Waals surface area (Å²) in [5.41, 5.74) is 7.44. The van der Waals surface area contributed by atoms with E-state index in [-0.39, 0.29) is 23.3 Å². The molecule has 3 aromatic carbocycles. The van der Waals surface area contributed by atoms with Crippen molar-refractivity contribution in [1.29, 1.82) is 0 Å². The summed E-state index contributed by atoms with van der Waals surface area (Å²) in [5, 5.41) is 8.92. The summed E-state index contributed by atoms with van der Waals surface area (Å²) in [5.74, 6) is 1.88. The summed E-state index contributed by atoms with van der Waals surface area (Å²) >= 11 is 0. The van der Waals surface area contributed by atoms with Crippen molar-refractivity contribution in [3.8, 4) is 28.7 Å². The molecule has 0 aliphatic carbocycles. The van der Waals surface area contributed by atoms with Gasteiger partial charge in [0.2, 0.25) is 0 Å². The summed E-state index contributed by atoms with van der Waals surface area (Å²) in [4.78, 5) is 35.1. The third-order valence-corrected chi connectivity index (χ3v) is 8.08. The maximum atomic E-state index is 14.0. The number of primary amides is 1. The third-order valence-electron chi connectivity index (χ3n) is 8.08. The first-order valence-corrected chi connectivity index (χ1v) is 16.0. The van der Waals surface area contributed by atoms with E-state index in [4.69, 9.17) is 30.0 Å². The fourth-order valence-electron chi connectivity index (χ4n) is 5.68. The lowest BCUT2D eigenvalue weighted by Gasteiger charge is -2.26. The topological polar surface area (TPSA) is 137 Å². The average Bonchev–Trinajstić information content (AvgIpc) is 3.75. The lowest BCUT2D eigenvalue weighted by molar-refractivity contribution is -0.114. The molecule has 0 spiro atoms. The number of nitrogens with zero attached hydrogens (tertiary/aromatic N) is 5. The van der Waals surface area contributed by atoms with Gasteiger partial charge >= 0.3 is 0 Å². The Labute approximate surface area is 284 Å². The minimum absolute atomic E-state index is 0.130. The smallest absolute Gasteiger partial charge is 0.252 e. The summed E-state index contributed by atoms with van der Waals surface area (Å²) in [6, 6.07) is 23.3. The Hall–Kier alpha value is -5.72. The molecule has 3 heterocycles. The van der Waals surface area contributed by atoms with Gasteiger partial charge in [0.25, 0.3) is 11.8 Å². The van der Waals surface area contributed by atoms with E-state index in [1.165, 1.54) is 0 Å². The van der Waals surface area contributed by atoms with Gasteiger partial charge in [-0.05, 0) is 75.1 Å². The van der Waals surface area contributed by atoms with E-state index in [9.17, 15) is 9.59 Å². The summed E-state index contributed by atoms with van der Waals surface area (Å²) < 4.78 is 19.5. The van der Waals surface area contributed by atoms with E-state index in [1.807, 2.05) is 79.7 Å². The van der Waals surface area contributed by atoms with Crippen LogP contribution in [0.2, 0.25) is 0 Å². The number of hydrogen-bond acceptors (Lipinski definition) is 9. The SMILES string of the molecule is COc1ccc(Cn2nc(N(C(=O)/C=C/CN(C)C)[C@@H]3CCNC3)c3c(Oc4ccc(Oc5ccccc5)cc4C(N)=O)ccnc32)cc1. The van der Waals surface area contributed by atoms with Gasteiger partial charge in [-0.2, -0.15) is 5.10 Å². The molecule has 1 aliphatic heterocycles. The second-order valence-electron chi connectivity index (χ2n) is 11.9. The first kappa shape index (κ1) is 33.2. The van der Waals surface area contributed by atoms with Crippen LogP contribution in [-0.2, 0) is 11.3 Å². The number of methoxy groups -OCH3 is 1. The van der Waals surface area contributed by atoms with E-state index >= 15 is 0 Å². The molecule has 1 aliphatic rings. The van der Waals surface area contributed by atoms with Crippen molar-refractivity contribution in [2.75, 3.05) is 45.7 Å². The van der Waals surface area contributed by atoms with Crippen molar-refractivity contribution in [3.63, 3.8) is 0 Å². The van der Waals surface area contributed by atoms with Gasteiger partial charge in [0.15, 0.2) is 11.5 Å². The molecule has 1 fully saturated rings. The van der Waals surface area contributed by atoms with Gasteiger partial charge < -0.3 is 30.2 Å². The Balaban J connectivity index is 1.45. The number of aromatic nitrogens is 3. The molecule has 1 atom stereocenters. The van der Waals surface area contributed by atoms with Crippen LogP contribution in [-0.4, -0.2) is 78.4 Å². The number of nitrogens with two attached hydrogens (primary N) is 1. The number of likely N-dealkylation sites (N-methyl/N-ethyl adjacent to an activating group) is 1. The summed E-state index contributed by atoms with van der Waals surface area (Å²) in [6.07, 6.45) is 5.78. The van der Waals surface area contributed by atoms with Crippen molar-refractivity contribution in [2.24, 2.45) is 5.73 Å². The van der Waals surface area contributed by atoms with Crippen molar-refractivity contribution < 1.29 is 23.8 Å². The standard InChI is InChI=1S/C37H39N7O5/c1-42(2)21-7-10-33(45)44(26-17-19-39-23-26)37-34-32(18-20-40-36(34)43(41-37)24-25-11-13-27(47-3)14-12-25)49-31-16-15-29(22-30(31)35(38)46)48-28-8-5-4-6-9-28/h4-16,18,20,22,26,39H,17,19,21,23-24H2,1-3H3,(H2,38,46)/b10-7+/t26-/m1/s1. The van der Waals surface area contributed by atoms with E-state index in [1.54, 1.807) is 53.2 Å². The Morgan fingerprint density at radius 3 is 2.45 bits per heavy atom. The Morgan fingerprint density at radius 1 is 0.980 bits per heavy atom. The van der Waals surface area contributed by atoms with Crippen molar-refractivity contribution >= 4 is 28.7 Å². The van der Waals surface area contributed by atoms with Crippen LogP contribution >= 0.6 is 0 Å². The number of rotatable bonds is 13. The number of anilines is 1. The highest BCUT2D eigenvalue weighted by Crippen LogP contribution is 2.39. The Bertz CT molecular complexity index is 1950. The first-order chi connectivity index (χ1) is 23.8. The van der Waals surface area contributed by atoms with Gasteiger partial charge in [-0.3, -0.25) is 14.5 Å². The highest BCUT2D eigenvalue weighted by molar-refractivity contribution is 6.08. The van der Waals surface area contributed by atoms with Crippen LogP contribution in [0.15, 0.2) is 97.2 Å². The predicted molar refractivity (Wildman–Crippen MR) is 188 cm³/mol. The lowest BCUT2D eigenvalue weighted by Crippen LogP contribution is -2.41. The Morgan fingerprint density at radius 2 is 1.76 bits per heavy atom. The van der Waals surface area contributed by atoms with Crippen LogP contribution in [0.3, 0.4) is 0 Å². The number of pyridine rings is 1. The monoisotopic (exact) mass is 661 g/mol. The first-order valence-electron chi connectivity index (χ1n) is 16.0. The number of ether oxygens (including phenoxy) is 3. The van der Waals surface area contributed by atoms with Gasteiger partial charge in [-0.1, -0.05) is 36.4 Å². The van der Waals surface area contributed by atoms with Crippen LogP contribution in [0.1, 0.15) is 22.3 Å². The fourth-order valence-corrected chi connectivity index (χ4v) is 5.68. The highest BCUT2D eigenvalue weighted by Gasteiger charge is 2.32. The summed E-state index contributed by atoms with van der Waals surface area (Å²) in [7, 11) is 5.51. The molecule has 2 amide bonds. The number of hydrogen-bond donors (Lipinski definition) is 2. The van der Waals surface area contributed by atoms with Crippen LogP contribution < -0.4 is 30.2 Å². The minimum atomic E-state index is -0.686. The molecule has 1 saturated heterocycles. The summed E-state index contributed by atoms with van der Waals surface area (Å²) in [6.45, 7) is 2.34.